The summed E-state index contributed by atoms with van der Waals surface area (Å²) in [6.07, 6.45) is 2.08. The average Bonchev–Trinajstić information content (AvgIpc) is 3.21. The van der Waals surface area contributed by atoms with E-state index in [4.69, 9.17) is 9.47 Å². The number of rotatable bonds is 7. The van der Waals surface area contributed by atoms with Crippen molar-refractivity contribution in [2.24, 2.45) is 28.6 Å². The summed E-state index contributed by atoms with van der Waals surface area (Å²) in [5, 5.41) is 34.8. The van der Waals surface area contributed by atoms with Crippen molar-refractivity contribution in [2.75, 3.05) is 6.61 Å². The minimum absolute atomic E-state index is 0.176. The van der Waals surface area contributed by atoms with Gasteiger partial charge in [0.25, 0.3) is 0 Å². The van der Waals surface area contributed by atoms with Gasteiger partial charge in [0.2, 0.25) is 0 Å². The Morgan fingerprint density at radius 1 is 1.08 bits per heavy atom. The van der Waals surface area contributed by atoms with E-state index in [1.807, 2.05) is 34.6 Å². The topological polar surface area (TPSA) is 130 Å². The predicted molar refractivity (Wildman–Crippen MR) is 130 cm³/mol. The quantitative estimate of drug-likeness (QED) is 0.356. The molecule has 0 aromatic rings. The van der Waals surface area contributed by atoms with Gasteiger partial charge in [-0.15, -0.1) is 0 Å². The summed E-state index contributed by atoms with van der Waals surface area (Å²) in [5.41, 5.74) is -4.74. The molecule has 200 valence electrons. The van der Waals surface area contributed by atoms with E-state index in [1.54, 1.807) is 19.1 Å². The maximum atomic E-state index is 14.4. The van der Waals surface area contributed by atoms with E-state index in [0.29, 0.717) is 24.8 Å². The third-order valence-corrected chi connectivity index (χ3v) is 9.48. The van der Waals surface area contributed by atoms with Gasteiger partial charge in [0.15, 0.2) is 5.78 Å². The van der Waals surface area contributed by atoms with Crippen molar-refractivity contribution in [1.82, 2.24) is 0 Å². The number of ether oxygens (including phenoxy) is 2. The Morgan fingerprint density at radius 3 is 2.31 bits per heavy atom. The molecule has 8 atom stereocenters. The Bertz CT molecular complexity index is 1030. The van der Waals surface area contributed by atoms with Crippen LogP contribution in [0.15, 0.2) is 23.3 Å². The first-order valence-electron chi connectivity index (χ1n) is 13.2. The fourth-order valence-electron chi connectivity index (χ4n) is 7.62. The normalized spacial score (nSPS) is 42.2. The van der Waals surface area contributed by atoms with Crippen molar-refractivity contribution in [3.63, 3.8) is 0 Å². The first-order chi connectivity index (χ1) is 16.8. The van der Waals surface area contributed by atoms with Gasteiger partial charge in [-0.1, -0.05) is 46.8 Å². The number of carbonyl (C=O) groups is 3. The molecule has 1 spiro atoms. The lowest BCUT2D eigenvalue weighted by atomic mass is 9.59. The number of carbonyl (C=O) groups excluding carboxylic acids is 3. The molecule has 0 radical (unpaired) electrons. The number of ketones is 1. The van der Waals surface area contributed by atoms with Gasteiger partial charge in [-0.3, -0.25) is 14.4 Å². The van der Waals surface area contributed by atoms with E-state index < -0.39 is 52.0 Å². The second kappa shape index (κ2) is 8.77. The minimum Gasteiger partial charge on any atom is -0.461 e. The summed E-state index contributed by atoms with van der Waals surface area (Å²) in [6, 6.07) is 0. The predicted octanol–water partition coefficient (Wildman–Crippen LogP) is 2.63. The zero-order chi connectivity index (χ0) is 26.8. The van der Waals surface area contributed by atoms with Crippen molar-refractivity contribution in [2.45, 2.75) is 97.1 Å². The number of allylic oxidation sites excluding steroid dienone is 1. The van der Waals surface area contributed by atoms with Gasteiger partial charge >= 0.3 is 11.9 Å². The van der Waals surface area contributed by atoms with E-state index in [1.165, 1.54) is 0 Å². The molecule has 2 fully saturated rings. The standard InChI is InChI=1S/C28H40O8/c1-7-9-19(29)35-14-17-11-18-21-25(5,6)27(21,36-20(30)10-8-2)13-16(4)26(24(18)33)12-15(3)22(31)28(26,34)23(17)32/h11-12,16,18,21-23,31-32,34H,7-10,13-14H2,1-6H3/t16-,18+,21-,22+,23-,26+,27+,28-/m1/s1. The maximum absolute atomic E-state index is 14.4. The van der Waals surface area contributed by atoms with Crippen LogP contribution in [0.1, 0.15) is 73.6 Å². The van der Waals surface area contributed by atoms with Crippen LogP contribution >= 0.6 is 0 Å². The zero-order valence-corrected chi connectivity index (χ0v) is 22.2. The van der Waals surface area contributed by atoms with Gasteiger partial charge in [0.1, 0.15) is 30.0 Å². The van der Waals surface area contributed by atoms with Crippen LogP contribution in [-0.4, -0.2) is 63.1 Å². The molecule has 4 rings (SSSR count). The molecule has 8 nitrogen and oxygen atoms in total. The fraction of sp³-hybridized carbons (Fsp3) is 0.750. The molecule has 0 unspecified atom stereocenters. The summed E-state index contributed by atoms with van der Waals surface area (Å²) in [7, 11) is 0. The highest BCUT2D eigenvalue weighted by Gasteiger charge is 2.83. The minimum atomic E-state index is -2.25. The van der Waals surface area contributed by atoms with Crippen LogP contribution in [0.2, 0.25) is 0 Å². The Kier molecular flexibility index (Phi) is 6.59. The lowest BCUT2D eigenvalue weighted by Crippen LogP contribution is -2.65. The van der Waals surface area contributed by atoms with Gasteiger partial charge < -0.3 is 24.8 Å². The number of Topliss-reactive ketones (excluding diaryl/α,β-unsaturated/α-hetero) is 1. The second-order valence-corrected chi connectivity index (χ2v) is 11.8. The van der Waals surface area contributed by atoms with Crippen LogP contribution in [0.3, 0.4) is 0 Å². The van der Waals surface area contributed by atoms with Crippen molar-refractivity contribution in [3.8, 4) is 0 Å². The van der Waals surface area contributed by atoms with Gasteiger partial charge in [0.05, 0.1) is 5.41 Å². The Morgan fingerprint density at radius 2 is 1.69 bits per heavy atom. The number of hydrogen-bond acceptors (Lipinski definition) is 8. The molecular formula is C28H40O8. The molecule has 2 bridgehead atoms. The van der Waals surface area contributed by atoms with Crippen LogP contribution in [-0.2, 0) is 23.9 Å². The van der Waals surface area contributed by atoms with Gasteiger partial charge in [-0.05, 0) is 43.3 Å². The van der Waals surface area contributed by atoms with Crippen LogP contribution in [0.4, 0.5) is 0 Å². The zero-order valence-electron chi connectivity index (χ0n) is 22.2. The highest BCUT2D eigenvalue weighted by atomic mass is 16.6. The number of aliphatic hydroxyl groups excluding tert-OH is 2. The fourth-order valence-corrected chi connectivity index (χ4v) is 7.62. The molecule has 0 aromatic carbocycles. The number of aliphatic hydroxyl groups is 3. The largest absolute Gasteiger partial charge is 0.461 e. The molecule has 0 amide bonds. The van der Waals surface area contributed by atoms with Crippen LogP contribution in [0.5, 0.6) is 0 Å². The molecule has 4 aliphatic carbocycles. The van der Waals surface area contributed by atoms with Crippen LogP contribution in [0, 0.1) is 28.6 Å². The van der Waals surface area contributed by atoms with Crippen LogP contribution in [0.25, 0.3) is 0 Å². The second-order valence-electron chi connectivity index (χ2n) is 11.8. The van der Waals surface area contributed by atoms with Crippen molar-refractivity contribution in [3.05, 3.63) is 23.3 Å². The van der Waals surface area contributed by atoms with Crippen molar-refractivity contribution < 1.29 is 39.2 Å². The van der Waals surface area contributed by atoms with Gasteiger partial charge in [-0.2, -0.15) is 0 Å². The summed E-state index contributed by atoms with van der Waals surface area (Å²) in [4.78, 5) is 39.3. The summed E-state index contributed by atoms with van der Waals surface area (Å²) in [5.74, 6) is -2.85. The van der Waals surface area contributed by atoms with E-state index in [2.05, 4.69) is 0 Å². The Balaban J connectivity index is 1.87. The van der Waals surface area contributed by atoms with E-state index in [-0.39, 0.29) is 42.7 Å². The molecule has 4 aliphatic rings. The highest BCUT2D eigenvalue weighted by molar-refractivity contribution is 5.96. The van der Waals surface area contributed by atoms with Crippen LogP contribution < -0.4 is 0 Å². The number of fused-ring (bicyclic) bond motifs is 3. The first kappa shape index (κ1) is 27.0. The maximum Gasteiger partial charge on any atom is 0.306 e. The van der Waals surface area contributed by atoms with Gasteiger partial charge in [-0.25, -0.2) is 0 Å². The van der Waals surface area contributed by atoms with Gasteiger partial charge in [0, 0.05) is 30.1 Å². The summed E-state index contributed by atoms with van der Waals surface area (Å²) in [6.45, 7) is 10.8. The third-order valence-electron chi connectivity index (χ3n) is 9.48. The third kappa shape index (κ3) is 3.33. The molecule has 8 heteroatoms. The molecule has 0 aromatic heterocycles. The molecule has 3 N–H and O–H groups in total. The van der Waals surface area contributed by atoms with E-state index >= 15 is 0 Å². The molecular weight excluding hydrogens is 464 g/mol. The molecule has 36 heavy (non-hydrogen) atoms. The van der Waals surface area contributed by atoms with E-state index in [0.717, 1.165) is 0 Å². The Labute approximate surface area is 212 Å². The molecule has 0 aliphatic heterocycles. The molecule has 2 saturated carbocycles. The monoisotopic (exact) mass is 504 g/mol. The Hall–Kier alpha value is -2.03. The van der Waals surface area contributed by atoms with Crippen molar-refractivity contribution in [1.29, 1.82) is 0 Å². The summed E-state index contributed by atoms with van der Waals surface area (Å²) >= 11 is 0. The highest BCUT2D eigenvalue weighted by Crippen LogP contribution is 2.75. The lowest BCUT2D eigenvalue weighted by Gasteiger charge is -2.48. The van der Waals surface area contributed by atoms with E-state index in [9.17, 15) is 29.7 Å². The number of esters is 2. The first-order valence-corrected chi connectivity index (χ1v) is 13.2. The van der Waals surface area contributed by atoms with Crippen molar-refractivity contribution >= 4 is 17.7 Å². The number of hydrogen-bond donors (Lipinski definition) is 3. The molecule has 0 heterocycles. The SMILES string of the molecule is CCCC(=O)OCC1=C[C@@H]2C(=O)[C@]3(C=C(C)[C@H](O)[C@@]3(O)[C@@H]1O)[C@H](C)C[C@]1(OC(=O)CCC)[C@H]2C1(C)C. The smallest absolute Gasteiger partial charge is 0.306 e. The summed E-state index contributed by atoms with van der Waals surface area (Å²) < 4.78 is 11.5. The average molecular weight is 505 g/mol. The lowest BCUT2D eigenvalue weighted by molar-refractivity contribution is -0.192. The molecule has 0 saturated heterocycles.